The number of unbranched alkanes of at least 4 members (excludes halogenated alkanes) is 1. The number of nitrogens with one attached hydrogen (secondary N) is 2. The van der Waals surface area contributed by atoms with Gasteiger partial charge in [-0.1, -0.05) is 31.0 Å². The first-order valence-corrected chi connectivity index (χ1v) is 9.10. The van der Waals surface area contributed by atoms with Crippen LogP contribution in [0, 0.1) is 6.92 Å². The highest BCUT2D eigenvalue weighted by Gasteiger charge is 2.15. The normalized spacial score (nSPS) is 11.1. The average Bonchev–Trinajstić information content (AvgIpc) is 2.55. The maximum Gasteiger partial charge on any atom is 0.264 e. The van der Waals surface area contributed by atoms with Crippen LogP contribution in [-0.2, 0) is 10.0 Å². The number of aryl methyl sites for hydroxylation is 1. The summed E-state index contributed by atoms with van der Waals surface area (Å²) in [6, 6.07) is 6.43. The fourth-order valence-electron chi connectivity index (χ4n) is 1.88. The molecule has 1 heterocycles. The molecule has 0 atom stereocenters. The van der Waals surface area contributed by atoms with Crippen LogP contribution in [0.1, 0.15) is 35.7 Å². The molecule has 0 fully saturated rings. The van der Waals surface area contributed by atoms with Gasteiger partial charge in [0.25, 0.3) is 15.9 Å². The van der Waals surface area contributed by atoms with E-state index in [1.165, 1.54) is 24.5 Å². The van der Waals surface area contributed by atoms with Gasteiger partial charge in [-0.25, -0.2) is 23.1 Å². The number of aromatic nitrogens is 2. The first-order valence-electron chi connectivity index (χ1n) is 7.62. The zero-order valence-electron chi connectivity index (χ0n) is 13.6. The van der Waals surface area contributed by atoms with E-state index < -0.39 is 10.0 Å². The molecule has 1 aromatic carbocycles. The lowest BCUT2D eigenvalue weighted by Crippen LogP contribution is -2.25. The minimum atomic E-state index is -3.76. The molecule has 2 N–H and O–H groups in total. The number of carbonyl (C=O) groups is 1. The first kappa shape index (κ1) is 17.9. The number of anilines is 1. The zero-order valence-corrected chi connectivity index (χ0v) is 14.4. The van der Waals surface area contributed by atoms with E-state index in [1.54, 1.807) is 12.1 Å². The van der Waals surface area contributed by atoms with Crippen LogP contribution in [0.15, 0.2) is 41.6 Å². The van der Waals surface area contributed by atoms with Crippen molar-refractivity contribution in [1.82, 2.24) is 15.3 Å². The number of carbonyl (C=O) groups excluding carboxylic acids is 1. The van der Waals surface area contributed by atoms with Gasteiger partial charge in [0.05, 0.1) is 10.5 Å². The smallest absolute Gasteiger partial charge is 0.264 e. The molecule has 0 aliphatic rings. The van der Waals surface area contributed by atoms with Crippen molar-refractivity contribution in [3.8, 4) is 0 Å². The van der Waals surface area contributed by atoms with E-state index in [0.29, 0.717) is 6.54 Å². The van der Waals surface area contributed by atoms with Crippen LogP contribution < -0.4 is 10.0 Å². The Balaban J connectivity index is 2.05. The maximum absolute atomic E-state index is 12.2. The molecule has 0 radical (unpaired) electrons. The molecule has 1 aromatic heterocycles. The highest BCUT2D eigenvalue weighted by molar-refractivity contribution is 7.92. The second-order valence-electron chi connectivity index (χ2n) is 5.32. The topological polar surface area (TPSA) is 101 Å². The van der Waals surface area contributed by atoms with E-state index in [9.17, 15) is 13.2 Å². The second kappa shape index (κ2) is 7.87. The number of sulfonamides is 1. The third-order valence-corrected chi connectivity index (χ3v) is 4.63. The van der Waals surface area contributed by atoms with Gasteiger partial charge in [-0.05, 0) is 25.5 Å². The maximum atomic E-state index is 12.2. The van der Waals surface area contributed by atoms with E-state index in [0.717, 1.165) is 18.4 Å². The van der Waals surface area contributed by atoms with Crippen molar-refractivity contribution in [2.45, 2.75) is 31.6 Å². The quantitative estimate of drug-likeness (QED) is 0.746. The highest BCUT2D eigenvalue weighted by atomic mass is 32.2. The van der Waals surface area contributed by atoms with Crippen LogP contribution >= 0.6 is 0 Å². The SMILES string of the molecule is CCCCNC(=O)c1cnc(NS(=O)(=O)c2ccc(C)cc2)nc1. The monoisotopic (exact) mass is 348 g/mol. The van der Waals surface area contributed by atoms with Gasteiger partial charge in [0.1, 0.15) is 0 Å². The average molecular weight is 348 g/mol. The van der Waals surface area contributed by atoms with Gasteiger partial charge in [-0.2, -0.15) is 0 Å². The van der Waals surface area contributed by atoms with Crippen LogP contribution in [-0.4, -0.2) is 30.8 Å². The summed E-state index contributed by atoms with van der Waals surface area (Å²) in [5, 5.41) is 2.74. The van der Waals surface area contributed by atoms with Crippen molar-refractivity contribution in [3.05, 3.63) is 47.8 Å². The fraction of sp³-hybridized carbons (Fsp3) is 0.312. The number of nitrogens with zero attached hydrogens (tertiary/aromatic N) is 2. The second-order valence-corrected chi connectivity index (χ2v) is 7.01. The summed E-state index contributed by atoms with van der Waals surface area (Å²) in [4.78, 5) is 19.8. The molecular weight excluding hydrogens is 328 g/mol. The number of amides is 1. The molecule has 2 rings (SSSR count). The van der Waals surface area contributed by atoms with Gasteiger partial charge in [0.2, 0.25) is 5.95 Å². The lowest BCUT2D eigenvalue weighted by Gasteiger charge is -2.07. The molecular formula is C16H20N4O3S. The molecule has 0 aliphatic heterocycles. The number of hydrogen-bond acceptors (Lipinski definition) is 5. The first-order chi connectivity index (χ1) is 11.4. The van der Waals surface area contributed by atoms with Crippen LogP contribution in [0.3, 0.4) is 0 Å². The molecule has 0 spiro atoms. The molecule has 0 saturated heterocycles. The predicted octanol–water partition coefficient (Wildman–Crippen LogP) is 2.12. The van der Waals surface area contributed by atoms with Gasteiger partial charge in [0.15, 0.2) is 0 Å². The lowest BCUT2D eigenvalue weighted by atomic mass is 10.2. The van der Waals surface area contributed by atoms with E-state index in [4.69, 9.17) is 0 Å². The van der Waals surface area contributed by atoms with E-state index in [2.05, 4.69) is 20.0 Å². The van der Waals surface area contributed by atoms with Crippen molar-refractivity contribution in [2.75, 3.05) is 11.3 Å². The molecule has 24 heavy (non-hydrogen) atoms. The van der Waals surface area contributed by atoms with Crippen molar-refractivity contribution >= 4 is 21.9 Å². The van der Waals surface area contributed by atoms with Crippen LogP contribution in [0.4, 0.5) is 5.95 Å². The third kappa shape index (κ3) is 4.76. The van der Waals surface area contributed by atoms with Gasteiger partial charge in [-0.15, -0.1) is 0 Å². The Morgan fingerprint density at radius 3 is 2.33 bits per heavy atom. The Labute approximate surface area is 141 Å². The summed E-state index contributed by atoms with van der Waals surface area (Å²) in [6.07, 6.45) is 4.46. The summed E-state index contributed by atoms with van der Waals surface area (Å²) in [5.74, 6) is -0.364. The Morgan fingerprint density at radius 2 is 1.75 bits per heavy atom. The van der Waals surface area contributed by atoms with E-state index in [-0.39, 0.29) is 22.3 Å². The number of rotatable bonds is 7. The standard InChI is InChI=1S/C16H20N4O3S/c1-3-4-9-17-15(21)13-10-18-16(19-11-13)20-24(22,23)14-7-5-12(2)6-8-14/h5-8,10-11H,3-4,9H2,1-2H3,(H,17,21)(H,18,19,20). The molecule has 0 bridgehead atoms. The number of benzene rings is 1. The Hall–Kier alpha value is -2.48. The van der Waals surface area contributed by atoms with Crippen molar-refractivity contribution in [3.63, 3.8) is 0 Å². The molecule has 8 heteroatoms. The van der Waals surface area contributed by atoms with Crippen LogP contribution in [0.2, 0.25) is 0 Å². The van der Waals surface area contributed by atoms with Gasteiger partial charge in [0, 0.05) is 18.9 Å². The van der Waals surface area contributed by atoms with Gasteiger partial charge < -0.3 is 5.32 Å². The fourth-order valence-corrected chi connectivity index (χ4v) is 2.83. The zero-order chi connectivity index (χ0) is 17.6. The van der Waals surface area contributed by atoms with Crippen molar-refractivity contribution < 1.29 is 13.2 Å². The molecule has 0 aliphatic carbocycles. The Morgan fingerprint density at radius 1 is 1.12 bits per heavy atom. The van der Waals surface area contributed by atoms with Crippen LogP contribution in [0.25, 0.3) is 0 Å². The summed E-state index contributed by atoms with van der Waals surface area (Å²) in [5.41, 5.74) is 1.24. The predicted molar refractivity (Wildman–Crippen MR) is 91.3 cm³/mol. The summed E-state index contributed by atoms with van der Waals surface area (Å²) in [6.45, 7) is 4.48. The largest absolute Gasteiger partial charge is 0.352 e. The molecule has 0 saturated carbocycles. The minimum absolute atomic E-state index is 0.0827. The van der Waals surface area contributed by atoms with Crippen LogP contribution in [0.5, 0.6) is 0 Å². The minimum Gasteiger partial charge on any atom is -0.352 e. The summed E-state index contributed by atoms with van der Waals surface area (Å²) in [7, 11) is -3.76. The number of hydrogen-bond donors (Lipinski definition) is 2. The molecule has 1 amide bonds. The Bertz CT molecular complexity index is 787. The lowest BCUT2D eigenvalue weighted by molar-refractivity contribution is 0.0952. The molecule has 128 valence electrons. The summed E-state index contributed by atoms with van der Waals surface area (Å²) >= 11 is 0. The van der Waals surface area contributed by atoms with Gasteiger partial charge in [-0.3, -0.25) is 4.79 Å². The van der Waals surface area contributed by atoms with Crippen molar-refractivity contribution in [2.24, 2.45) is 0 Å². The Kier molecular flexibility index (Phi) is 5.86. The van der Waals surface area contributed by atoms with Crippen molar-refractivity contribution in [1.29, 1.82) is 0 Å². The van der Waals surface area contributed by atoms with E-state index >= 15 is 0 Å². The third-order valence-electron chi connectivity index (χ3n) is 3.29. The molecule has 7 nitrogen and oxygen atoms in total. The van der Waals surface area contributed by atoms with Gasteiger partial charge >= 0.3 is 0 Å². The summed E-state index contributed by atoms with van der Waals surface area (Å²) < 4.78 is 26.8. The van der Waals surface area contributed by atoms with E-state index in [1.807, 2.05) is 13.8 Å². The highest BCUT2D eigenvalue weighted by Crippen LogP contribution is 2.13. The molecule has 2 aromatic rings. The molecule has 0 unspecified atom stereocenters.